The monoisotopic (exact) mass is 282 g/mol. The molecular weight excluding hydrogens is 267 g/mol. The van der Waals surface area contributed by atoms with Crippen LogP contribution in [0.1, 0.15) is 19.3 Å². The number of hydrogen-bond acceptors (Lipinski definition) is 3. The summed E-state index contributed by atoms with van der Waals surface area (Å²) in [5.74, 6) is 0. The zero-order valence-electron chi connectivity index (χ0n) is 7.13. The minimum absolute atomic E-state index is 0.000556. The van der Waals surface area contributed by atoms with E-state index in [2.05, 4.69) is 26.0 Å². The van der Waals surface area contributed by atoms with E-state index < -0.39 is 0 Å². The molecule has 2 aliphatic rings. The molecule has 2 fully saturated rings. The lowest BCUT2D eigenvalue weighted by Gasteiger charge is -2.36. The highest BCUT2D eigenvalue weighted by molar-refractivity contribution is 14.1. The van der Waals surface area contributed by atoms with E-state index in [1.165, 1.54) is 12.8 Å². The molecule has 0 bridgehead atoms. The largest absolute Gasteiger partial charge is 0.372 e. The Kier molecular flexibility index (Phi) is 2.60. The fourth-order valence-corrected chi connectivity index (χ4v) is 3.14. The topological polar surface area (TPSA) is 38.5 Å². The molecule has 70 valence electrons. The first-order chi connectivity index (χ1) is 5.73. The molecule has 2 aliphatic heterocycles. The standard InChI is InChI=1S/C8H15IN2O/c9-11-5-7(10)8(6-11)3-1-2-4-12-8/h7H,1-6,10H2. The first-order valence-electron chi connectivity index (χ1n) is 4.53. The Balaban J connectivity index is 2.08. The molecule has 0 amide bonds. The van der Waals surface area contributed by atoms with E-state index >= 15 is 0 Å². The molecule has 0 radical (unpaired) electrons. The van der Waals surface area contributed by atoms with Gasteiger partial charge in [0, 0.05) is 48.6 Å². The van der Waals surface area contributed by atoms with E-state index in [0.29, 0.717) is 0 Å². The number of ether oxygens (including phenoxy) is 1. The molecule has 0 saturated carbocycles. The van der Waals surface area contributed by atoms with Gasteiger partial charge in [-0.15, -0.1) is 0 Å². The summed E-state index contributed by atoms with van der Waals surface area (Å²) in [5, 5.41) is 0. The zero-order chi connectivity index (χ0) is 8.60. The summed E-state index contributed by atoms with van der Waals surface area (Å²) in [6, 6.07) is 0.217. The van der Waals surface area contributed by atoms with Crippen molar-refractivity contribution < 1.29 is 4.74 Å². The van der Waals surface area contributed by atoms with Gasteiger partial charge in [-0.05, 0) is 19.3 Å². The Labute approximate surface area is 87.1 Å². The summed E-state index contributed by atoms with van der Waals surface area (Å²) in [4.78, 5) is 0. The summed E-state index contributed by atoms with van der Waals surface area (Å²) in [5.41, 5.74) is 6.06. The Morgan fingerprint density at radius 3 is 2.83 bits per heavy atom. The van der Waals surface area contributed by atoms with Crippen molar-refractivity contribution in [2.75, 3.05) is 19.7 Å². The smallest absolute Gasteiger partial charge is 0.0979 e. The van der Waals surface area contributed by atoms with Crippen molar-refractivity contribution in [3.05, 3.63) is 0 Å². The van der Waals surface area contributed by atoms with Crippen LogP contribution in [0.2, 0.25) is 0 Å². The van der Waals surface area contributed by atoms with Gasteiger partial charge in [0.25, 0.3) is 0 Å². The van der Waals surface area contributed by atoms with Crippen LogP contribution in [-0.4, -0.2) is 34.5 Å². The molecule has 0 aromatic rings. The maximum absolute atomic E-state index is 6.06. The molecule has 2 rings (SSSR count). The third-order valence-electron chi connectivity index (χ3n) is 2.89. The molecule has 1 spiro atoms. The van der Waals surface area contributed by atoms with Crippen LogP contribution in [0.3, 0.4) is 0 Å². The van der Waals surface area contributed by atoms with Crippen molar-refractivity contribution >= 4 is 22.9 Å². The molecule has 0 aromatic heterocycles. The molecule has 2 atom stereocenters. The van der Waals surface area contributed by atoms with Gasteiger partial charge in [-0.1, -0.05) is 0 Å². The average Bonchev–Trinajstić information content (AvgIpc) is 2.29. The predicted molar refractivity (Wildman–Crippen MR) is 56.1 cm³/mol. The normalized spacial score (nSPS) is 44.0. The van der Waals surface area contributed by atoms with Crippen molar-refractivity contribution in [2.24, 2.45) is 5.73 Å². The van der Waals surface area contributed by atoms with Crippen molar-refractivity contribution in [3.8, 4) is 0 Å². The Morgan fingerprint density at radius 1 is 1.50 bits per heavy atom. The fraction of sp³-hybridized carbons (Fsp3) is 1.00. The quantitative estimate of drug-likeness (QED) is 0.530. The number of nitrogens with zero attached hydrogens (tertiary/aromatic N) is 1. The zero-order valence-corrected chi connectivity index (χ0v) is 9.29. The number of halogens is 1. The molecule has 2 saturated heterocycles. The van der Waals surface area contributed by atoms with Crippen LogP contribution < -0.4 is 5.73 Å². The van der Waals surface area contributed by atoms with Crippen LogP contribution in [-0.2, 0) is 4.74 Å². The predicted octanol–water partition coefficient (Wildman–Crippen LogP) is 0.919. The number of nitrogens with two attached hydrogens (primary N) is 1. The van der Waals surface area contributed by atoms with Gasteiger partial charge in [0.2, 0.25) is 0 Å². The van der Waals surface area contributed by atoms with Crippen LogP contribution in [0, 0.1) is 0 Å². The lowest BCUT2D eigenvalue weighted by atomic mass is 9.90. The number of hydrogen-bond donors (Lipinski definition) is 1. The van der Waals surface area contributed by atoms with Crippen LogP contribution in [0.5, 0.6) is 0 Å². The van der Waals surface area contributed by atoms with E-state index in [-0.39, 0.29) is 11.6 Å². The number of rotatable bonds is 0. The van der Waals surface area contributed by atoms with E-state index in [4.69, 9.17) is 10.5 Å². The van der Waals surface area contributed by atoms with E-state index in [1.54, 1.807) is 0 Å². The first kappa shape index (κ1) is 9.18. The van der Waals surface area contributed by atoms with Crippen LogP contribution >= 0.6 is 22.9 Å². The second-order valence-electron chi connectivity index (χ2n) is 3.78. The van der Waals surface area contributed by atoms with Gasteiger partial charge in [-0.3, -0.25) is 0 Å². The van der Waals surface area contributed by atoms with Gasteiger partial charge in [0.15, 0.2) is 0 Å². The minimum atomic E-state index is -0.000556. The fourth-order valence-electron chi connectivity index (χ4n) is 2.14. The highest BCUT2D eigenvalue weighted by Crippen LogP contribution is 2.34. The van der Waals surface area contributed by atoms with E-state index in [9.17, 15) is 0 Å². The van der Waals surface area contributed by atoms with Gasteiger partial charge in [0.1, 0.15) is 0 Å². The lowest BCUT2D eigenvalue weighted by Crippen LogP contribution is -2.51. The third-order valence-corrected chi connectivity index (χ3v) is 3.63. The maximum atomic E-state index is 6.06. The van der Waals surface area contributed by atoms with Crippen molar-refractivity contribution in [2.45, 2.75) is 30.9 Å². The van der Waals surface area contributed by atoms with Gasteiger partial charge >= 0.3 is 0 Å². The summed E-state index contributed by atoms with van der Waals surface area (Å²) < 4.78 is 8.08. The highest BCUT2D eigenvalue weighted by Gasteiger charge is 2.45. The van der Waals surface area contributed by atoms with Crippen molar-refractivity contribution in [1.29, 1.82) is 0 Å². The van der Waals surface area contributed by atoms with Crippen molar-refractivity contribution in [1.82, 2.24) is 3.11 Å². The van der Waals surface area contributed by atoms with E-state index in [0.717, 1.165) is 26.1 Å². The first-order valence-corrected chi connectivity index (χ1v) is 5.50. The SMILES string of the molecule is NC1CN(I)CC12CCCCO2. The van der Waals surface area contributed by atoms with Gasteiger partial charge in [-0.25, -0.2) is 3.11 Å². The van der Waals surface area contributed by atoms with Gasteiger partial charge in [0.05, 0.1) is 5.60 Å². The minimum Gasteiger partial charge on any atom is -0.372 e. The summed E-state index contributed by atoms with van der Waals surface area (Å²) in [6.45, 7) is 2.88. The molecule has 3 nitrogen and oxygen atoms in total. The molecule has 2 N–H and O–H groups in total. The van der Waals surface area contributed by atoms with Crippen LogP contribution in [0.15, 0.2) is 0 Å². The summed E-state index contributed by atoms with van der Waals surface area (Å²) >= 11 is 2.33. The van der Waals surface area contributed by atoms with Crippen LogP contribution in [0.4, 0.5) is 0 Å². The third kappa shape index (κ3) is 1.49. The Morgan fingerprint density at radius 2 is 2.33 bits per heavy atom. The molecule has 2 unspecified atom stereocenters. The van der Waals surface area contributed by atoms with E-state index in [1.807, 2.05) is 0 Å². The van der Waals surface area contributed by atoms with Crippen molar-refractivity contribution in [3.63, 3.8) is 0 Å². The Bertz CT molecular complexity index is 170. The van der Waals surface area contributed by atoms with Gasteiger partial charge in [-0.2, -0.15) is 0 Å². The molecular formula is C8H15IN2O. The molecule has 2 heterocycles. The maximum Gasteiger partial charge on any atom is 0.0979 e. The second kappa shape index (κ2) is 3.40. The summed E-state index contributed by atoms with van der Waals surface area (Å²) in [6.07, 6.45) is 3.63. The molecule has 12 heavy (non-hydrogen) atoms. The van der Waals surface area contributed by atoms with Crippen LogP contribution in [0.25, 0.3) is 0 Å². The second-order valence-corrected chi connectivity index (χ2v) is 5.14. The molecule has 0 aromatic carbocycles. The highest BCUT2D eigenvalue weighted by atomic mass is 127. The lowest BCUT2D eigenvalue weighted by molar-refractivity contribution is -0.0745. The van der Waals surface area contributed by atoms with Gasteiger partial charge < -0.3 is 10.5 Å². The summed E-state index contributed by atoms with van der Waals surface area (Å²) in [7, 11) is 0. The molecule has 4 heteroatoms. The Hall–Kier alpha value is 0.610. The average molecular weight is 282 g/mol. The molecule has 0 aliphatic carbocycles.